The first-order valence-electron chi connectivity index (χ1n) is 6.65. The second kappa shape index (κ2) is 5.76. The first-order chi connectivity index (χ1) is 8.70. The lowest BCUT2D eigenvalue weighted by Crippen LogP contribution is -2.26. The van der Waals surface area contributed by atoms with E-state index >= 15 is 0 Å². The second-order valence-electron chi connectivity index (χ2n) is 4.83. The van der Waals surface area contributed by atoms with Crippen LogP contribution >= 0.6 is 0 Å². The highest BCUT2D eigenvalue weighted by molar-refractivity contribution is 6.00. The Hall–Kier alpha value is -1.71. The van der Waals surface area contributed by atoms with Crippen LogP contribution in [0.15, 0.2) is 18.2 Å². The van der Waals surface area contributed by atoms with Crippen molar-refractivity contribution in [2.45, 2.75) is 38.6 Å². The molecule has 0 saturated heterocycles. The van der Waals surface area contributed by atoms with Crippen LogP contribution in [-0.2, 0) is 0 Å². The molecule has 4 heteroatoms. The van der Waals surface area contributed by atoms with Crippen LogP contribution in [0.5, 0.6) is 0 Å². The van der Waals surface area contributed by atoms with E-state index in [0.717, 1.165) is 37.9 Å². The Bertz CT molecular complexity index is 427. The molecule has 0 heterocycles. The average molecular weight is 247 g/mol. The van der Waals surface area contributed by atoms with E-state index in [9.17, 15) is 4.79 Å². The maximum atomic E-state index is 12.1. The quantitative estimate of drug-likeness (QED) is 0.534. The summed E-state index contributed by atoms with van der Waals surface area (Å²) in [6.07, 6.45) is 4.40. The minimum absolute atomic E-state index is 0.0243. The van der Waals surface area contributed by atoms with Gasteiger partial charge in [-0.25, -0.2) is 0 Å². The molecular weight excluding hydrogens is 226 g/mol. The summed E-state index contributed by atoms with van der Waals surface area (Å²) in [5.41, 5.74) is 7.90. The van der Waals surface area contributed by atoms with Gasteiger partial charge in [0.05, 0.1) is 5.56 Å². The number of benzene rings is 1. The Morgan fingerprint density at radius 2 is 2.22 bits per heavy atom. The number of nitrogen functional groups attached to an aromatic ring is 1. The van der Waals surface area contributed by atoms with E-state index in [-0.39, 0.29) is 5.91 Å². The summed E-state index contributed by atoms with van der Waals surface area (Å²) < 4.78 is 0. The average Bonchev–Trinajstić information content (AvgIpc) is 3.15. The molecule has 0 unspecified atom stereocenters. The van der Waals surface area contributed by atoms with Crippen LogP contribution < -0.4 is 16.4 Å². The molecule has 1 amide bonds. The fraction of sp³-hybridized carbons (Fsp3) is 0.500. The van der Waals surface area contributed by atoms with Crippen molar-refractivity contribution in [2.24, 2.45) is 0 Å². The summed E-state index contributed by atoms with van der Waals surface area (Å²) in [4.78, 5) is 12.1. The molecule has 1 aliphatic carbocycles. The summed E-state index contributed by atoms with van der Waals surface area (Å²) in [5, 5.41) is 6.29. The highest BCUT2D eigenvalue weighted by Gasteiger charge is 2.24. The molecular formula is C14H21N3O. The van der Waals surface area contributed by atoms with Gasteiger partial charge in [0.1, 0.15) is 0 Å². The Morgan fingerprint density at radius 1 is 1.44 bits per heavy atom. The molecule has 2 rings (SSSR count). The second-order valence-corrected chi connectivity index (χ2v) is 4.83. The van der Waals surface area contributed by atoms with Crippen molar-refractivity contribution < 1.29 is 4.79 Å². The van der Waals surface area contributed by atoms with Crippen LogP contribution in [0.25, 0.3) is 0 Å². The number of nitrogens with two attached hydrogens (primary N) is 1. The largest absolute Gasteiger partial charge is 0.399 e. The van der Waals surface area contributed by atoms with Gasteiger partial charge in [0, 0.05) is 24.0 Å². The van der Waals surface area contributed by atoms with Crippen LogP contribution in [0, 0.1) is 0 Å². The predicted octanol–water partition coefficient (Wildman–Crippen LogP) is 2.37. The van der Waals surface area contributed by atoms with Crippen LogP contribution in [0.2, 0.25) is 0 Å². The van der Waals surface area contributed by atoms with E-state index < -0.39 is 0 Å². The van der Waals surface area contributed by atoms with Crippen molar-refractivity contribution in [3.63, 3.8) is 0 Å². The van der Waals surface area contributed by atoms with Gasteiger partial charge in [0.15, 0.2) is 0 Å². The third-order valence-electron chi connectivity index (χ3n) is 3.05. The Balaban J connectivity index is 2.08. The lowest BCUT2D eigenvalue weighted by molar-refractivity contribution is 0.0952. The number of unbranched alkanes of at least 4 members (excludes halogenated alkanes) is 1. The van der Waals surface area contributed by atoms with Gasteiger partial charge < -0.3 is 16.4 Å². The fourth-order valence-corrected chi connectivity index (χ4v) is 1.79. The van der Waals surface area contributed by atoms with Gasteiger partial charge in [-0.05, 0) is 37.5 Å². The number of carbonyl (C=O) groups is 1. The summed E-state index contributed by atoms with van der Waals surface area (Å²) in [7, 11) is 0. The summed E-state index contributed by atoms with van der Waals surface area (Å²) in [6, 6.07) is 5.81. The maximum Gasteiger partial charge on any atom is 0.253 e. The van der Waals surface area contributed by atoms with Crippen LogP contribution in [0.1, 0.15) is 43.0 Å². The van der Waals surface area contributed by atoms with Gasteiger partial charge in [-0.2, -0.15) is 0 Å². The first-order valence-corrected chi connectivity index (χ1v) is 6.65. The van der Waals surface area contributed by atoms with E-state index in [1.165, 1.54) is 0 Å². The number of hydrogen-bond donors (Lipinski definition) is 3. The molecule has 1 saturated carbocycles. The topological polar surface area (TPSA) is 67.1 Å². The van der Waals surface area contributed by atoms with Crippen molar-refractivity contribution in [1.29, 1.82) is 0 Å². The molecule has 1 aromatic carbocycles. The molecule has 1 aromatic rings. The van der Waals surface area contributed by atoms with E-state index in [1.807, 2.05) is 12.1 Å². The molecule has 4 nitrogen and oxygen atoms in total. The van der Waals surface area contributed by atoms with Crippen molar-refractivity contribution >= 4 is 17.3 Å². The molecule has 4 N–H and O–H groups in total. The third kappa shape index (κ3) is 3.39. The summed E-state index contributed by atoms with van der Waals surface area (Å²) in [6.45, 7) is 3.02. The summed E-state index contributed by atoms with van der Waals surface area (Å²) >= 11 is 0. The van der Waals surface area contributed by atoms with Crippen molar-refractivity contribution in [3.8, 4) is 0 Å². The minimum Gasteiger partial charge on any atom is -0.399 e. The lowest BCUT2D eigenvalue weighted by Gasteiger charge is -2.12. The molecule has 0 atom stereocenters. The molecule has 0 aliphatic heterocycles. The Labute approximate surface area is 108 Å². The van der Waals surface area contributed by atoms with E-state index in [1.54, 1.807) is 6.07 Å². The van der Waals surface area contributed by atoms with Crippen molar-refractivity contribution in [1.82, 2.24) is 5.32 Å². The molecule has 1 fully saturated rings. The van der Waals surface area contributed by atoms with E-state index in [4.69, 9.17) is 5.73 Å². The normalized spacial score (nSPS) is 14.3. The predicted molar refractivity (Wildman–Crippen MR) is 74.7 cm³/mol. The number of anilines is 2. The zero-order chi connectivity index (χ0) is 13.0. The molecule has 98 valence electrons. The highest BCUT2D eigenvalue weighted by atomic mass is 16.1. The number of amides is 1. The number of hydrogen-bond acceptors (Lipinski definition) is 3. The highest BCUT2D eigenvalue weighted by Crippen LogP contribution is 2.23. The maximum absolute atomic E-state index is 12.1. The van der Waals surface area contributed by atoms with Gasteiger partial charge in [0.2, 0.25) is 0 Å². The molecule has 0 aromatic heterocycles. The molecule has 1 aliphatic rings. The van der Waals surface area contributed by atoms with Crippen LogP contribution in [0.3, 0.4) is 0 Å². The van der Waals surface area contributed by atoms with Gasteiger partial charge in [-0.15, -0.1) is 0 Å². The minimum atomic E-state index is -0.0243. The van der Waals surface area contributed by atoms with Crippen molar-refractivity contribution in [3.05, 3.63) is 23.8 Å². The van der Waals surface area contributed by atoms with Crippen LogP contribution in [-0.4, -0.2) is 18.5 Å². The van der Waals surface area contributed by atoms with E-state index in [0.29, 0.717) is 17.3 Å². The molecule has 18 heavy (non-hydrogen) atoms. The Kier molecular flexibility index (Phi) is 4.07. The van der Waals surface area contributed by atoms with Crippen molar-refractivity contribution in [2.75, 3.05) is 17.6 Å². The first kappa shape index (κ1) is 12.7. The zero-order valence-electron chi connectivity index (χ0n) is 10.8. The summed E-state index contributed by atoms with van der Waals surface area (Å²) in [5.74, 6) is -0.0243. The molecule has 0 bridgehead atoms. The smallest absolute Gasteiger partial charge is 0.253 e. The SMILES string of the molecule is CCCCNc1ccc(N)cc1C(=O)NC1CC1. The van der Waals surface area contributed by atoms with Crippen LogP contribution in [0.4, 0.5) is 11.4 Å². The standard InChI is InChI=1S/C14H21N3O/c1-2-3-8-16-13-7-4-10(15)9-12(13)14(18)17-11-5-6-11/h4,7,9,11,16H,2-3,5-6,8,15H2,1H3,(H,17,18). The Morgan fingerprint density at radius 3 is 2.89 bits per heavy atom. The van der Waals surface area contributed by atoms with Gasteiger partial charge >= 0.3 is 0 Å². The molecule has 0 spiro atoms. The molecule has 0 radical (unpaired) electrons. The van der Waals surface area contributed by atoms with Gasteiger partial charge in [-0.1, -0.05) is 13.3 Å². The van der Waals surface area contributed by atoms with E-state index in [2.05, 4.69) is 17.6 Å². The number of carbonyl (C=O) groups excluding carboxylic acids is 1. The zero-order valence-corrected chi connectivity index (χ0v) is 10.8. The monoisotopic (exact) mass is 247 g/mol. The third-order valence-corrected chi connectivity index (χ3v) is 3.05. The lowest BCUT2D eigenvalue weighted by atomic mass is 10.1. The van der Waals surface area contributed by atoms with Gasteiger partial charge in [0.25, 0.3) is 5.91 Å². The van der Waals surface area contributed by atoms with Gasteiger partial charge in [-0.3, -0.25) is 4.79 Å². The number of rotatable bonds is 6. The number of nitrogens with one attached hydrogen (secondary N) is 2. The fourth-order valence-electron chi connectivity index (χ4n) is 1.79.